The Morgan fingerprint density at radius 3 is 2.76 bits per heavy atom. The second kappa shape index (κ2) is 6.50. The fraction of sp³-hybridized carbons (Fsp3) is 0.333. The quantitative estimate of drug-likeness (QED) is 0.915. The molecule has 0 saturated heterocycles. The Bertz CT molecular complexity index is 624. The normalized spacial score (nSPS) is 14.7. The number of nitrogens with zero attached hydrogens (tertiary/aromatic N) is 1. The van der Waals surface area contributed by atoms with Crippen LogP contribution in [0.3, 0.4) is 0 Å². The Hall–Kier alpha value is -1.51. The maximum Gasteiger partial charge on any atom is 0.0645 e. The smallest absolute Gasteiger partial charge is 0.0645 e. The van der Waals surface area contributed by atoms with Gasteiger partial charge in [-0.2, -0.15) is 0 Å². The van der Waals surface area contributed by atoms with E-state index < -0.39 is 0 Å². The van der Waals surface area contributed by atoms with Crippen molar-refractivity contribution in [3.8, 4) is 0 Å². The van der Waals surface area contributed by atoms with Gasteiger partial charge in [-0.1, -0.05) is 41.9 Å². The van der Waals surface area contributed by atoms with Crippen LogP contribution in [0.25, 0.3) is 0 Å². The molecule has 0 radical (unpaired) electrons. The van der Waals surface area contributed by atoms with Gasteiger partial charge in [-0.25, -0.2) is 0 Å². The summed E-state index contributed by atoms with van der Waals surface area (Å²) in [7, 11) is 0. The predicted octanol–water partition coefficient (Wildman–Crippen LogP) is 4.32. The number of halogens is 1. The van der Waals surface area contributed by atoms with Gasteiger partial charge in [-0.05, 0) is 55.5 Å². The van der Waals surface area contributed by atoms with E-state index in [1.807, 2.05) is 12.1 Å². The minimum Gasteiger partial charge on any atom is -0.340 e. The minimum absolute atomic E-state index is 0.642. The zero-order valence-corrected chi connectivity index (χ0v) is 12.9. The molecule has 110 valence electrons. The third kappa shape index (κ3) is 2.92. The molecule has 1 aliphatic heterocycles. The largest absolute Gasteiger partial charge is 0.340 e. The lowest BCUT2D eigenvalue weighted by Crippen LogP contribution is -2.20. The van der Waals surface area contributed by atoms with Gasteiger partial charge in [0.1, 0.15) is 0 Å². The molecule has 0 fully saturated rings. The summed E-state index contributed by atoms with van der Waals surface area (Å²) in [6, 6.07) is 14.8. The topological polar surface area (TPSA) is 29.3 Å². The third-order valence-corrected chi connectivity index (χ3v) is 4.42. The second-order valence-electron chi connectivity index (χ2n) is 5.52. The molecule has 2 aromatic carbocycles. The van der Waals surface area contributed by atoms with E-state index in [1.54, 1.807) is 0 Å². The summed E-state index contributed by atoms with van der Waals surface area (Å²) in [5.74, 6) is 0. The van der Waals surface area contributed by atoms with Crippen LogP contribution in [-0.2, 0) is 12.8 Å². The fourth-order valence-electron chi connectivity index (χ4n) is 3.14. The van der Waals surface area contributed by atoms with Gasteiger partial charge in [-0.3, -0.25) is 0 Å². The van der Waals surface area contributed by atoms with E-state index in [9.17, 15) is 0 Å². The van der Waals surface area contributed by atoms with E-state index >= 15 is 0 Å². The molecular formula is C18H21ClN2. The van der Waals surface area contributed by atoms with Crippen LogP contribution in [0.1, 0.15) is 24.0 Å². The average molecular weight is 301 g/mol. The molecular weight excluding hydrogens is 280 g/mol. The summed E-state index contributed by atoms with van der Waals surface area (Å²) in [6.45, 7) is 1.65. The molecule has 0 amide bonds. The Balaban J connectivity index is 2.12. The highest BCUT2D eigenvalue weighted by molar-refractivity contribution is 6.33. The molecule has 3 heteroatoms. The van der Waals surface area contributed by atoms with Crippen LogP contribution in [0.2, 0.25) is 5.02 Å². The summed E-state index contributed by atoms with van der Waals surface area (Å²) in [4.78, 5) is 2.38. The number of hydrogen-bond acceptors (Lipinski definition) is 2. The maximum atomic E-state index is 6.54. The van der Waals surface area contributed by atoms with E-state index in [0.29, 0.717) is 6.54 Å². The third-order valence-electron chi connectivity index (χ3n) is 4.11. The summed E-state index contributed by atoms with van der Waals surface area (Å²) >= 11 is 6.54. The number of benzene rings is 2. The second-order valence-corrected chi connectivity index (χ2v) is 5.93. The van der Waals surface area contributed by atoms with Gasteiger partial charge < -0.3 is 10.6 Å². The zero-order chi connectivity index (χ0) is 14.7. The van der Waals surface area contributed by atoms with Crippen LogP contribution < -0.4 is 10.6 Å². The highest BCUT2D eigenvalue weighted by Gasteiger charge is 2.20. The predicted molar refractivity (Wildman–Crippen MR) is 90.6 cm³/mol. The average Bonchev–Trinajstić information content (AvgIpc) is 2.70. The van der Waals surface area contributed by atoms with Crippen molar-refractivity contribution in [3.05, 3.63) is 58.6 Å². The SMILES string of the molecule is NCCc1cccc(Cl)c1N1CCCCc2ccccc21. The van der Waals surface area contributed by atoms with Crippen LogP contribution >= 0.6 is 11.6 Å². The molecule has 0 unspecified atom stereocenters. The monoisotopic (exact) mass is 300 g/mol. The van der Waals surface area contributed by atoms with E-state index in [0.717, 1.165) is 30.1 Å². The van der Waals surface area contributed by atoms with E-state index in [2.05, 4.69) is 35.2 Å². The standard InChI is InChI=1S/C18H21ClN2/c19-16-9-5-8-15(11-12-20)18(16)21-13-4-3-7-14-6-1-2-10-17(14)21/h1-2,5-6,8-10H,3-4,7,11-13,20H2. The van der Waals surface area contributed by atoms with Gasteiger partial charge in [0, 0.05) is 12.2 Å². The molecule has 2 N–H and O–H groups in total. The Labute approximate surface area is 131 Å². The van der Waals surface area contributed by atoms with Crippen LogP contribution in [-0.4, -0.2) is 13.1 Å². The van der Waals surface area contributed by atoms with Crippen molar-refractivity contribution in [2.45, 2.75) is 25.7 Å². The fourth-order valence-corrected chi connectivity index (χ4v) is 3.44. The highest BCUT2D eigenvalue weighted by atomic mass is 35.5. The molecule has 0 spiro atoms. The van der Waals surface area contributed by atoms with Crippen molar-refractivity contribution in [2.24, 2.45) is 5.73 Å². The highest BCUT2D eigenvalue weighted by Crippen LogP contribution is 2.38. The molecule has 21 heavy (non-hydrogen) atoms. The maximum absolute atomic E-state index is 6.54. The molecule has 1 heterocycles. The van der Waals surface area contributed by atoms with Crippen LogP contribution in [0.5, 0.6) is 0 Å². The first kappa shape index (κ1) is 14.4. The lowest BCUT2D eigenvalue weighted by Gasteiger charge is -2.28. The summed E-state index contributed by atoms with van der Waals surface area (Å²) in [5, 5.41) is 0.817. The van der Waals surface area contributed by atoms with Gasteiger partial charge in [-0.15, -0.1) is 0 Å². The van der Waals surface area contributed by atoms with Crippen molar-refractivity contribution in [1.82, 2.24) is 0 Å². The number of fused-ring (bicyclic) bond motifs is 1. The van der Waals surface area contributed by atoms with Crippen molar-refractivity contribution < 1.29 is 0 Å². The lowest BCUT2D eigenvalue weighted by molar-refractivity contribution is 0.759. The Morgan fingerprint density at radius 1 is 1.05 bits per heavy atom. The van der Waals surface area contributed by atoms with Gasteiger partial charge in [0.25, 0.3) is 0 Å². The first-order chi connectivity index (χ1) is 10.3. The van der Waals surface area contributed by atoms with Crippen LogP contribution in [0, 0.1) is 0 Å². The molecule has 2 aromatic rings. The summed E-state index contributed by atoms with van der Waals surface area (Å²) in [6.07, 6.45) is 4.41. The summed E-state index contributed by atoms with van der Waals surface area (Å²) < 4.78 is 0. The van der Waals surface area contributed by atoms with Crippen molar-refractivity contribution in [3.63, 3.8) is 0 Å². The van der Waals surface area contributed by atoms with Gasteiger partial charge >= 0.3 is 0 Å². The molecule has 0 aromatic heterocycles. The minimum atomic E-state index is 0.642. The zero-order valence-electron chi connectivity index (χ0n) is 12.2. The van der Waals surface area contributed by atoms with Crippen LogP contribution in [0.15, 0.2) is 42.5 Å². The number of aryl methyl sites for hydroxylation is 1. The van der Waals surface area contributed by atoms with E-state index in [-0.39, 0.29) is 0 Å². The number of rotatable bonds is 3. The molecule has 1 aliphatic rings. The van der Waals surface area contributed by atoms with Gasteiger partial charge in [0.2, 0.25) is 0 Å². The first-order valence-corrected chi connectivity index (χ1v) is 8.02. The van der Waals surface area contributed by atoms with Gasteiger partial charge in [0.15, 0.2) is 0 Å². The number of nitrogens with two attached hydrogens (primary N) is 1. The first-order valence-electron chi connectivity index (χ1n) is 7.64. The van der Waals surface area contributed by atoms with Crippen molar-refractivity contribution in [2.75, 3.05) is 18.0 Å². The van der Waals surface area contributed by atoms with Crippen molar-refractivity contribution in [1.29, 1.82) is 0 Å². The number of anilines is 2. The van der Waals surface area contributed by atoms with E-state index in [4.69, 9.17) is 17.3 Å². The lowest BCUT2D eigenvalue weighted by atomic mass is 10.1. The molecule has 0 saturated carbocycles. The Kier molecular flexibility index (Phi) is 4.47. The molecule has 0 atom stereocenters. The van der Waals surface area contributed by atoms with Gasteiger partial charge in [0.05, 0.1) is 10.7 Å². The Morgan fingerprint density at radius 2 is 1.90 bits per heavy atom. The van der Waals surface area contributed by atoms with Crippen molar-refractivity contribution >= 4 is 23.0 Å². The molecule has 2 nitrogen and oxygen atoms in total. The van der Waals surface area contributed by atoms with E-state index in [1.165, 1.54) is 29.7 Å². The number of hydrogen-bond donors (Lipinski definition) is 1. The molecule has 3 rings (SSSR count). The molecule has 0 bridgehead atoms. The summed E-state index contributed by atoms with van der Waals surface area (Å²) in [5.41, 5.74) is 10.9. The molecule has 0 aliphatic carbocycles. The number of para-hydroxylation sites is 2. The van der Waals surface area contributed by atoms with Crippen LogP contribution in [0.4, 0.5) is 11.4 Å².